The van der Waals surface area contributed by atoms with Crippen molar-refractivity contribution in [2.45, 2.75) is 51.9 Å². The first-order valence-electron chi connectivity index (χ1n) is 5.25. The monoisotopic (exact) mass is 262 g/mol. The smallest absolute Gasteiger partial charge is 0.332 e. The average molecular weight is 263 g/mol. The lowest BCUT2D eigenvalue weighted by Gasteiger charge is -2.01. The Morgan fingerprint density at radius 1 is 1.21 bits per heavy atom. The number of carboxylic acid groups (broad SMARTS) is 1. The summed E-state index contributed by atoms with van der Waals surface area (Å²) in [5.41, 5.74) is 0.473. The van der Waals surface area contributed by atoms with E-state index in [0.717, 1.165) is 12.8 Å². The molecule has 0 radical (unpaired) electrons. The van der Waals surface area contributed by atoms with Crippen LogP contribution in [0.15, 0.2) is 10.6 Å². The number of carboxylic acids is 1. The molecule has 0 aliphatic rings. The minimum Gasteiger partial charge on any atom is -0.478 e. The second-order valence-electron chi connectivity index (χ2n) is 3.46. The Kier molecular flexibility index (Phi) is 9.05. The van der Waals surface area contributed by atoms with E-state index in [-0.39, 0.29) is 0 Å². The third-order valence-electron chi connectivity index (χ3n) is 2.21. The van der Waals surface area contributed by atoms with Crippen molar-refractivity contribution in [2.24, 2.45) is 0 Å². The number of carbonyl (C=O) groups is 1. The van der Waals surface area contributed by atoms with Gasteiger partial charge in [-0.25, -0.2) is 4.79 Å². The van der Waals surface area contributed by atoms with E-state index in [0.29, 0.717) is 12.0 Å². The summed E-state index contributed by atoms with van der Waals surface area (Å²) in [6.07, 6.45) is 7.83. The van der Waals surface area contributed by atoms with E-state index in [1.165, 1.54) is 30.7 Å². The highest BCUT2D eigenvalue weighted by atomic mass is 79.9. The minimum atomic E-state index is -0.810. The fourth-order valence-corrected chi connectivity index (χ4v) is 1.73. The highest BCUT2D eigenvalue weighted by Gasteiger charge is 2.04. The molecular weight excluding hydrogens is 244 g/mol. The molecule has 0 aromatic rings. The van der Waals surface area contributed by atoms with Gasteiger partial charge in [0.25, 0.3) is 0 Å². The zero-order chi connectivity index (χ0) is 10.8. The van der Waals surface area contributed by atoms with Gasteiger partial charge in [-0.1, -0.05) is 55.0 Å². The average Bonchev–Trinajstić information content (AvgIpc) is 2.16. The summed E-state index contributed by atoms with van der Waals surface area (Å²) < 4.78 is 0. The molecule has 2 nitrogen and oxygen atoms in total. The molecule has 0 aromatic heterocycles. The highest BCUT2D eigenvalue weighted by molar-refractivity contribution is 9.11. The minimum absolute atomic E-state index is 0.473. The molecular formula is C11H19BrO2. The van der Waals surface area contributed by atoms with Gasteiger partial charge in [-0.05, 0) is 17.8 Å². The van der Waals surface area contributed by atoms with Crippen LogP contribution < -0.4 is 0 Å². The van der Waals surface area contributed by atoms with Crippen molar-refractivity contribution in [3.8, 4) is 0 Å². The number of hydrogen-bond acceptors (Lipinski definition) is 1. The molecule has 0 saturated carbocycles. The highest BCUT2D eigenvalue weighted by Crippen LogP contribution is 2.13. The van der Waals surface area contributed by atoms with Gasteiger partial charge < -0.3 is 5.11 Å². The van der Waals surface area contributed by atoms with Crippen molar-refractivity contribution in [3.05, 3.63) is 10.6 Å². The van der Waals surface area contributed by atoms with Crippen LogP contribution in [-0.2, 0) is 4.79 Å². The molecule has 0 saturated heterocycles. The van der Waals surface area contributed by atoms with Crippen molar-refractivity contribution < 1.29 is 9.90 Å². The SMILES string of the molecule is CCCCCCCCC(=CBr)C(=O)O. The normalized spacial score (nSPS) is 11.7. The number of halogens is 1. The molecule has 82 valence electrons. The Morgan fingerprint density at radius 3 is 2.29 bits per heavy atom. The topological polar surface area (TPSA) is 37.3 Å². The van der Waals surface area contributed by atoms with Crippen LogP contribution >= 0.6 is 15.9 Å². The van der Waals surface area contributed by atoms with Gasteiger partial charge in [-0.3, -0.25) is 0 Å². The molecule has 3 heteroatoms. The van der Waals surface area contributed by atoms with Crippen LogP contribution in [0.5, 0.6) is 0 Å². The lowest BCUT2D eigenvalue weighted by atomic mass is 10.1. The van der Waals surface area contributed by atoms with E-state index in [1.807, 2.05) is 0 Å². The number of hydrogen-bond donors (Lipinski definition) is 1. The molecule has 0 rings (SSSR count). The Balaban J connectivity index is 3.39. The molecule has 0 fully saturated rings. The molecule has 0 aliphatic carbocycles. The Labute approximate surface area is 94.5 Å². The molecule has 0 heterocycles. The van der Waals surface area contributed by atoms with E-state index < -0.39 is 5.97 Å². The van der Waals surface area contributed by atoms with Crippen molar-refractivity contribution in [1.82, 2.24) is 0 Å². The molecule has 0 atom stereocenters. The molecule has 0 amide bonds. The van der Waals surface area contributed by atoms with Crippen LogP contribution in [0.2, 0.25) is 0 Å². The maximum absolute atomic E-state index is 10.6. The number of unbranched alkanes of at least 4 members (excludes halogenated alkanes) is 5. The van der Waals surface area contributed by atoms with Crippen molar-refractivity contribution in [2.75, 3.05) is 0 Å². The van der Waals surface area contributed by atoms with Gasteiger partial charge in [0.15, 0.2) is 0 Å². The predicted molar refractivity (Wildman–Crippen MR) is 62.6 cm³/mol. The molecule has 0 unspecified atom stereocenters. The van der Waals surface area contributed by atoms with Crippen LogP contribution in [0.25, 0.3) is 0 Å². The summed E-state index contributed by atoms with van der Waals surface area (Å²) in [6.45, 7) is 2.19. The molecule has 0 spiro atoms. The second kappa shape index (κ2) is 9.25. The van der Waals surface area contributed by atoms with E-state index in [2.05, 4.69) is 22.9 Å². The third kappa shape index (κ3) is 7.13. The fraction of sp³-hybridized carbons (Fsp3) is 0.727. The second-order valence-corrected chi connectivity index (χ2v) is 3.92. The summed E-state index contributed by atoms with van der Waals surface area (Å²) in [5, 5.41) is 8.72. The first kappa shape index (κ1) is 13.7. The van der Waals surface area contributed by atoms with E-state index in [9.17, 15) is 4.79 Å². The lowest BCUT2D eigenvalue weighted by molar-refractivity contribution is -0.132. The van der Waals surface area contributed by atoms with Crippen molar-refractivity contribution in [3.63, 3.8) is 0 Å². The standard InChI is InChI=1S/C11H19BrO2/c1-2-3-4-5-6-7-8-10(9-12)11(13)14/h9H,2-8H2,1H3,(H,13,14). The zero-order valence-corrected chi connectivity index (χ0v) is 10.3. The Bertz CT molecular complexity index is 188. The molecule has 0 bridgehead atoms. The van der Waals surface area contributed by atoms with Gasteiger partial charge in [0.2, 0.25) is 0 Å². The summed E-state index contributed by atoms with van der Waals surface area (Å²) in [4.78, 5) is 12.1. The molecule has 14 heavy (non-hydrogen) atoms. The van der Waals surface area contributed by atoms with Crippen LogP contribution in [-0.4, -0.2) is 11.1 Å². The van der Waals surface area contributed by atoms with Gasteiger partial charge in [-0.2, -0.15) is 0 Å². The van der Waals surface area contributed by atoms with E-state index in [1.54, 1.807) is 0 Å². The maximum Gasteiger partial charge on any atom is 0.332 e. The summed E-state index contributed by atoms with van der Waals surface area (Å²) >= 11 is 3.07. The quantitative estimate of drug-likeness (QED) is 0.528. The van der Waals surface area contributed by atoms with Crippen molar-refractivity contribution in [1.29, 1.82) is 0 Å². The number of aliphatic carboxylic acids is 1. The number of rotatable bonds is 8. The fourth-order valence-electron chi connectivity index (χ4n) is 1.30. The summed E-state index contributed by atoms with van der Waals surface area (Å²) in [5.74, 6) is -0.810. The maximum atomic E-state index is 10.6. The Hall–Kier alpha value is -0.310. The lowest BCUT2D eigenvalue weighted by Crippen LogP contribution is -1.99. The summed E-state index contributed by atoms with van der Waals surface area (Å²) in [7, 11) is 0. The van der Waals surface area contributed by atoms with E-state index >= 15 is 0 Å². The van der Waals surface area contributed by atoms with Crippen LogP contribution in [0.3, 0.4) is 0 Å². The zero-order valence-electron chi connectivity index (χ0n) is 8.76. The molecule has 0 aliphatic heterocycles. The van der Waals surface area contributed by atoms with Crippen LogP contribution in [0.4, 0.5) is 0 Å². The third-order valence-corrected chi connectivity index (χ3v) is 2.76. The van der Waals surface area contributed by atoms with E-state index in [4.69, 9.17) is 5.11 Å². The first-order valence-corrected chi connectivity index (χ1v) is 6.16. The molecule has 0 aromatic carbocycles. The van der Waals surface area contributed by atoms with Gasteiger partial charge in [0.05, 0.1) is 0 Å². The predicted octanol–water partition coefficient (Wildman–Crippen LogP) is 4.10. The van der Waals surface area contributed by atoms with Crippen LogP contribution in [0.1, 0.15) is 51.9 Å². The van der Waals surface area contributed by atoms with Crippen molar-refractivity contribution >= 4 is 21.9 Å². The van der Waals surface area contributed by atoms with Gasteiger partial charge in [0.1, 0.15) is 0 Å². The Morgan fingerprint density at radius 2 is 1.79 bits per heavy atom. The van der Waals surface area contributed by atoms with Gasteiger partial charge >= 0.3 is 5.97 Å². The van der Waals surface area contributed by atoms with Gasteiger partial charge in [-0.15, -0.1) is 0 Å². The largest absolute Gasteiger partial charge is 0.478 e. The summed E-state index contributed by atoms with van der Waals surface area (Å²) in [6, 6.07) is 0. The first-order chi connectivity index (χ1) is 6.72. The van der Waals surface area contributed by atoms with Crippen LogP contribution in [0, 0.1) is 0 Å². The molecule has 1 N–H and O–H groups in total. The van der Waals surface area contributed by atoms with Gasteiger partial charge in [0, 0.05) is 5.57 Å².